The first kappa shape index (κ1) is 17.5. The first-order valence-corrected chi connectivity index (χ1v) is 8.21. The highest BCUT2D eigenvalue weighted by molar-refractivity contribution is 6.08. The van der Waals surface area contributed by atoms with Crippen LogP contribution in [0.15, 0.2) is 59.9 Å². The smallest absolute Gasteiger partial charge is 0.290 e. The molecule has 3 N–H and O–H groups in total. The van der Waals surface area contributed by atoms with Crippen LogP contribution in [0, 0.1) is 0 Å². The monoisotopic (exact) mass is 353 g/mol. The molecule has 6 heteroatoms. The largest absolute Gasteiger partial charge is 0.508 e. The Labute approximate surface area is 150 Å². The number of benzene rings is 2. The number of amides is 1. The number of aliphatic hydroxyl groups is 1. The zero-order chi connectivity index (χ0) is 18.8. The van der Waals surface area contributed by atoms with Gasteiger partial charge in [0.25, 0.3) is 5.91 Å². The van der Waals surface area contributed by atoms with Crippen molar-refractivity contribution < 1.29 is 24.9 Å². The molecule has 0 fully saturated rings. The molecule has 0 saturated heterocycles. The van der Waals surface area contributed by atoms with Crippen molar-refractivity contribution in [1.82, 2.24) is 4.90 Å². The van der Waals surface area contributed by atoms with Crippen LogP contribution in [0.25, 0.3) is 0 Å². The van der Waals surface area contributed by atoms with E-state index in [1.54, 1.807) is 0 Å². The summed E-state index contributed by atoms with van der Waals surface area (Å²) in [5, 5.41) is 29.9. The van der Waals surface area contributed by atoms with Gasteiger partial charge in [-0.05, 0) is 31.0 Å². The first-order valence-electron chi connectivity index (χ1n) is 8.21. The molecule has 2 aromatic carbocycles. The normalized spacial score (nSPS) is 17.0. The van der Waals surface area contributed by atoms with Crippen molar-refractivity contribution in [2.75, 3.05) is 6.54 Å². The van der Waals surface area contributed by atoms with Crippen molar-refractivity contribution in [1.29, 1.82) is 0 Å². The quantitative estimate of drug-likeness (QED) is 0.768. The van der Waals surface area contributed by atoms with E-state index in [0.717, 1.165) is 11.6 Å². The molecule has 1 heterocycles. The average Bonchev–Trinajstić information content (AvgIpc) is 2.85. The van der Waals surface area contributed by atoms with Gasteiger partial charge in [0.15, 0.2) is 11.5 Å². The van der Waals surface area contributed by atoms with E-state index in [4.69, 9.17) is 0 Å². The molecule has 2 aromatic rings. The fourth-order valence-corrected chi connectivity index (χ4v) is 3.22. The summed E-state index contributed by atoms with van der Waals surface area (Å²) in [5.41, 5.74) is 1.23. The Bertz CT molecular complexity index is 888. The molecule has 0 radical (unpaired) electrons. The van der Waals surface area contributed by atoms with Gasteiger partial charge in [-0.15, -0.1) is 0 Å². The third-order valence-corrected chi connectivity index (χ3v) is 4.48. The van der Waals surface area contributed by atoms with E-state index in [2.05, 4.69) is 0 Å². The SMILES string of the molecule is CC(=O)C1=C(O)C(=O)N(CCc2ccccc2)C1c1ccc(O)cc1O. The Hall–Kier alpha value is -3.28. The summed E-state index contributed by atoms with van der Waals surface area (Å²) in [4.78, 5) is 26.0. The zero-order valence-corrected chi connectivity index (χ0v) is 14.2. The first-order chi connectivity index (χ1) is 12.4. The van der Waals surface area contributed by atoms with Crippen LogP contribution < -0.4 is 0 Å². The molecule has 6 nitrogen and oxygen atoms in total. The Balaban J connectivity index is 1.99. The predicted molar refractivity (Wildman–Crippen MR) is 94.7 cm³/mol. The van der Waals surface area contributed by atoms with Crippen LogP contribution in [0.4, 0.5) is 0 Å². The van der Waals surface area contributed by atoms with E-state index >= 15 is 0 Å². The van der Waals surface area contributed by atoms with Gasteiger partial charge in [-0.3, -0.25) is 9.59 Å². The fraction of sp³-hybridized carbons (Fsp3) is 0.200. The number of rotatable bonds is 5. The minimum Gasteiger partial charge on any atom is -0.508 e. The lowest BCUT2D eigenvalue weighted by Crippen LogP contribution is -2.33. The fourth-order valence-electron chi connectivity index (χ4n) is 3.22. The molecule has 3 rings (SSSR count). The number of hydrogen-bond donors (Lipinski definition) is 3. The Morgan fingerprint density at radius 1 is 1.08 bits per heavy atom. The highest BCUT2D eigenvalue weighted by Crippen LogP contribution is 2.41. The van der Waals surface area contributed by atoms with Crippen LogP contribution in [-0.4, -0.2) is 38.5 Å². The maximum absolute atomic E-state index is 12.5. The third-order valence-electron chi connectivity index (χ3n) is 4.48. The van der Waals surface area contributed by atoms with Gasteiger partial charge < -0.3 is 20.2 Å². The predicted octanol–water partition coefficient (Wildman–Crippen LogP) is 2.62. The third kappa shape index (κ3) is 3.13. The Morgan fingerprint density at radius 2 is 1.77 bits per heavy atom. The van der Waals surface area contributed by atoms with Gasteiger partial charge in [-0.2, -0.15) is 0 Å². The maximum atomic E-state index is 12.5. The number of phenols is 2. The van der Waals surface area contributed by atoms with Gasteiger partial charge in [0, 0.05) is 18.2 Å². The molecule has 1 unspecified atom stereocenters. The van der Waals surface area contributed by atoms with E-state index in [-0.39, 0.29) is 29.2 Å². The van der Waals surface area contributed by atoms with E-state index in [1.807, 2.05) is 30.3 Å². The molecule has 0 spiro atoms. The number of aliphatic hydroxyl groups excluding tert-OH is 1. The lowest BCUT2D eigenvalue weighted by atomic mass is 9.95. The summed E-state index contributed by atoms with van der Waals surface area (Å²) in [6, 6.07) is 12.6. The van der Waals surface area contributed by atoms with Crippen LogP contribution in [-0.2, 0) is 16.0 Å². The molecule has 0 aliphatic carbocycles. The number of phenolic OH excluding ortho intramolecular Hbond substituents is 2. The van der Waals surface area contributed by atoms with Crippen LogP contribution in [0.2, 0.25) is 0 Å². The summed E-state index contributed by atoms with van der Waals surface area (Å²) in [5.74, 6) is -2.08. The summed E-state index contributed by atoms with van der Waals surface area (Å²) >= 11 is 0. The minimum atomic E-state index is -0.899. The van der Waals surface area contributed by atoms with Crippen LogP contribution >= 0.6 is 0 Å². The number of ketones is 1. The van der Waals surface area contributed by atoms with Gasteiger partial charge in [0.1, 0.15) is 11.5 Å². The molecular weight excluding hydrogens is 334 g/mol. The van der Waals surface area contributed by atoms with Gasteiger partial charge in [-0.25, -0.2) is 0 Å². The highest BCUT2D eigenvalue weighted by Gasteiger charge is 2.43. The van der Waals surface area contributed by atoms with E-state index in [0.29, 0.717) is 6.42 Å². The zero-order valence-electron chi connectivity index (χ0n) is 14.2. The summed E-state index contributed by atoms with van der Waals surface area (Å²) in [7, 11) is 0. The van der Waals surface area contributed by atoms with Crippen molar-refractivity contribution in [3.8, 4) is 11.5 Å². The van der Waals surface area contributed by atoms with Crippen molar-refractivity contribution in [3.63, 3.8) is 0 Å². The maximum Gasteiger partial charge on any atom is 0.290 e. The molecule has 1 aliphatic heterocycles. The second-order valence-corrected chi connectivity index (χ2v) is 6.20. The summed E-state index contributed by atoms with van der Waals surface area (Å²) < 4.78 is 0. The van der Waals surface area contributed by atoms with E-state index < -0.39 is 23.5 Å². The van der Waals surface area contributed by atoms with Crippen LogP contribution in [0.1, 0.15) is 24.1 Å². The Kier molecular flexibility index (Phi) is 4.67. The van der Waals surface area contributed by atoms with Crippen molar-refractivity contribution in [2.45, 2.75) is 19.4 Å². The van der Waals surface area contributed by atoms with Crippen molar-refractivity contribution >= 4 is 11.7 Å². The second kappa shape index (κ2) is 6.92. The number of Topliss-reactive ketones (excluding diaryl/α,β-unsaturated/α-hetero) is 1. The standard InChI is InChI=1S/C20H19NO5/c1-12(22)17-18(15-8-7-14(23)11-16(15)24)21(20(26)19(17)25)10-9-13-5-3-2-4-6-13/h2-8,11,18,23-25H,9-10H2,1H3. The average molecular weight is 353 g/mol. The molecule has 134 valence electrons. The lowest BCUT2D eigenvalue weighted by molar-refractivity contribution is -0.129. The minimum absolute atomic E-state index is 0.0518. The van der Waals surface area contributed by atoms with Crippen molar-refractivity contribution in [2.24, 2.45) is 0 Å². The number of carbonyl (C=O) groups excluding carboxylic acids is 2. The van der Waals surface area contributed by atoms with Gasteiger partial charge in [0.2, 0.25) is 0 Å². The van der Waals surface area contributed by atoms with Crippen molar-refractivity contribution in [3.05, 3.63) is 71.0 Å². The van der Waals surface area contributed by atoms with E-state index in [9.17, 15) is 24.9 Å². The van der Waals surface area contributed by atoms with Gasteiger partial charge in [-0.1, -0.05) is 30.3 Å². The number of nitrogens with zero attached hydrogens (tertiary/aromatic N) is 1. The summed E-state index contributed by atoms with van der Waals surface area (Å²) in [6.07, 6.45) is 0.528. The molecule has 1 amide bonds. The van der Waals surface area contributed by atoms with Gasteiger partial charge >= 0.3 is 0 Å². The molecule has 0 bridgehead atoms. The topological polar surface area (TPSA) is 98.1 Å². The molecule has 1 aliphatic rings. The molecule has 0 aromatic heterocycles. The van der Waals surface area contributed by atoms with Crippen LogP contribution in [0.3, 0.4) is 0 Å². The van der Waals surface area contributed by atoms with Crippen LogP contribution in [0.5, 0.6) is 11.5 Å². The number of carbonyl (C=O) groups is 2. The number of aromatic hydroxyl groups is 2. The van der Waals surface area contributed by atoms with Gasteiger partial charge in [0.05, 0.1) is 11.6 Å². The van der Waals surface area contributed by atoms with E-state index in [1.165, 1.54) is 24.0 Å². The molecule has 0 saturated carbocycles. The highest BCUT2D eigenvalue weighted by atomic mass is 16.3. The second-order valence-electron chi connectivity index (χ2n) is 6.20. The molecular formula is C20H19NO5. The lowest BCUT2D eigenvalue weighted by Gasteiger charge is -2.27. The number of hydrogen-bond acceptors (Lipinski definition) is 5. The molecule has 1 atom stereocenters. The Morgan fingerprint density at radius 3 is 2.38 bits per heavy atom. The summed E-state index contributed by atoms with van der Waals surface area (Å²) in [6.45, 7) is 1.53. The molecule has 26 heavy (non-hydrogen) atoms.